The summed E-state index contributed by atoms with van der Waals surface area (Å²) >= 11 is 0. The second-order valence-corrected chi connectivity index (χ2v) is 21.1. The molecule has 74 heavy (non-hydrogen) atoms. The minimum absolute atomic E-state index is 0.218. The first-order chi connectivity index (χ1) is 36.4. The van der Waals surface area contributed by atoms with Gasteiger partial charge in [-0.05, 0) is 122 Å². The van der Waals surface area contributed by atoms with Crippen LogP contribution < -0.4 is 4.90 Å². The Kier molecular flexibility index (Phi) is 8.49. The van der Waals surface area contributed by atoms with Gasteiger partial charge in [0.2, 0.25) is 0 Å². The molecule has 2 unspecified atom stereocenters. The van der Waals surface area contributed by atoms with Gasteiger partial charge in [-0.25, -0.2) is 15.0 Å². The Morgan fingerprint density at radius 3 is 1.82 bits per heavy atom. The van der Waals surface area contributed by atoms with Crippen LogP contribution in [0.2, 0.25) is 0 Å². The first kappa shape index (κ1) is 41.4. The number of fused-ring (bicyclic) bond motifs is 11. The molecule has 3 aliphatic carbocycles. The second kappa shape index (κ2) is 15.2. The first-order valence-electron chi connectivity index (χ1n) is 25.9. The molecule has 0 N–H and O–H groups in total. The molecular weight excluding hydrogens is 899 g/mol. The predicted molar refractivity (Wildman–Crippen MR) is 305 cm³/mol. The molecule has 16 rings (SSSR count). The number of para-hydroxylation sites is 2. The highest BCUT2D eigenvalue weighted by Crippen LogP contribution is 2.70. The number of hydrogen-bond acceptors (Lipinski definition) is 4. The van der Waals surface area contributed by atoms with Crippen molar-refractivity contribution in [1.29, 1.82) is 0 Å². The molecule has 0 amide bonds. The highest BCUT2D eigenvalue weighted by Gasteiger charge is 2.66. The normalized spacial score (nSPS) is 17.7. The van der Waals surface area contributed by atoms with Crippen molar-refractivity contribution in [3.8, 4) is 51.0 Å². The zero-order chi connectivity index (χ0) is 48.9. The third kappa shape index (κ3) is 5.78. The van der Waals surface area contributed by atoms with Crippen molar-refractivity contribution in [2.75, 3.05) is 4.90 Å². The molecule has 3 heterocycles. The smallest absolute Gasteiger partial charge is 0.164 e. The molecule has 348 valence electrons. The molecule has 4 aliphatic rings. The van der Waals surface area contributed by atoms with Crippen molar-refractivity contribution in [3.63, 3.8) is 0 Å². The average molecular weight is 946 g/mol. The van der Waals surface area contributed by atoms with Crippen LogP contribution in [0.5, 0.6) is 0 Å². The van der Waals surface area contributed by atoms with Crippen LogP contribution in [0.3, 0.4) is 0 Å². The minimum atomic E-state index is -0.247. The van der Waals surface area contributed by atoms with E-state index in [4.69, 9.17) is 15.0 Å². The molecule has 1 aliphatic heterocycles. The van der Waals surface area contributed by atoms with Crippen molar-refractivity contribution in [1.82, 2.24) is 19.5 Å². The van der Waals surface area contributed by atoms with E-state index < -0.39 is 0 Å². The number of rotatable bonds is 6. The van der Waals surface area contributed by atoms with Gasteiger partial charge in [-0.3, -0.25) is 0 Å². The van der Waals surface area contributed by atoms with E-state index in [2.05, 4.69) is 217 Å². The fourth-order valence-corrected chi connectivity index (χ4v) is 13.4. The number of nitrogens with zero attached hydrogens (tertiary/aromatic N) is 5. The number of hydrogen-bond donors (Lipinski definition) is 0. The van der Waals surface area contributed by atoms with Crippen LogP contribution in [0.15, 0.2) is 231 Å². The zero-order valence-corrected chi connectivity index (χ0v) is 41.0. The third-order valence-electron chi connectivity index (χ3n) is 16.8. The van der Waals surface area contributed by atoms with E-state index in [0.717, 1.165) is 28.5 Å². The van der Waals surface area contributed by atoms with Crippen molar-refractivity contribution >= 4 is 65.9 Å². The van der Waals surface area contributed by atoms with Crippen LogP contribution in [0, 0.1) is 5.92 Å². The number of aromatic nitrogens is 4. The summed E-state index contributed by atoms with van der Waals surface area (Å²) in [5.41, 5.74) is 19.2. The molecule has 0 radical (unpaired) electrons. The number of allylic oxidation sites excluding steroid dienone is 2. The number of benzene rings is 10. The van der Waals surface area contributed by atoms with Gasteiger partial charge in [0.25, 0.3) is 0 Å². The maximum absolute atomic E-state index is 5.23. The van der Waals surface area contributed by atoms with E-state index in [0.29, 0.717) is 23.4 Å². The van der Waals surface area contributed by atoms with Gasteiger partial charge in [0, 0.05) is 66.8 Å². The average Bonchev–Trinajstić information content (AvgIpc) is 4.02. The Labute approximate surface area is 429 Å². The lowest BCUT2D eigenvalue weighted by Gasteiger charge is -2.33. The zero-order valence-electron chi connectivity index (χ0n) is 41.0. The molecule has 0 saturated heterocycles. The van der Waals surface area contributed by atoms with E-state index in [-0.39, 0.29) is 11.0 Å². The maximum atomic E-state index is 5.23. The monoisotopic (exact) mass is 945 g/mol. The van der Waals surface area contributed by atoms with Gasteiger partial charge < -0.3 is 9.47 Å². The predicted octanol–water partition coefficient (Wildman–Crippen LogP) is 17.0. The summed E-state index contributed by atoms with van der Waals surface area (Å²) in [6.07, 6.45) is 6.15. The highest BCUT2D eigenvalue weighted by molar-refractivity contribution is 6.14. The van der Waals surface area contributed by atoms with Gasteiger partial charge in [-0.15, -0.1) is 0 Å². The fourth-order valence-electron chi connectivity index (χ4n) is 13.4. The molecular formula is C69H47N5. The van der Waals surface area contributed by atoms with Crippen molar-refractivity contribution in [2.45, 2.75) is 31.2 Å². The van der Waals surface area contributed by atoms with Gasteiger partial charge in [-0.2, -0.15) is 0 Å². The van der Waals surface area contributed by atoms with Crippen molar-refractivity contribution in [3.05, 3.63) is 253 Å². The third-order valence-corrected chi connectivity index (χ3v) is 16.8. The molecule has 5 heteroatoms. The first-order valence-corrected chi connectivity index (χ1v) is 25.9. The van der Waals surface area contributed by atoms with Crippen molar-refractivity contribution in [2.24, 2.45) is 5.92 Å². The second-order valence-electron chi connectivity index (χ2n) is 21.1. The molecule has 5 nitrogen and oxygen atoms in total. The Balaban J connectivity index is 0.897. The largest absolute Gasteiger partial charge is 0.329 e. The maximum Gasteiger partial charge on any atom is 0.164 e. The molecule has 10 aromatic carbocycles. The van der Waals surface area contributed by atoms with Crippen molar-refractivity contribution < 1.29 is 0 Å². The Morgan fingerprint density at radius 1 is 0.446 bits per heavy atom. The van der Waals surface area contributed by atoms with Crippen LogP contribution in [0.1, 0.15) is 42.5 Å². The van der Waals surface area contributed by atoms with E-state index >= 15 is 0 Å². The van der Waals surface area contributed by atoms with Crippen LogP contribution in [-0.4, -0.2) is 25.1 Å². The highest BCUT2D eigenvalue weighted by atomic mass is 15.3. The summed E-state index contributed by atoms with van der Waals surface area (Å²) in [4.78, 5) is 18.2. The van der Waals surface area contributed by atoms with Crippen LogP contribution in [-0.2, 0) is 5.41 Å². The Morgan fingerprint density at radius 2 is 1.07 bits per heavy atom. The molecule has 2 atom stereocenters. The van der Waals surface area contributed by atoms with E-state index in [9.17, 15) is 0 Å². The van der Waals surface area contributed by atoms with Crippen LogP contribution in [0.25, 0.3) is 105 Å². The lowest BCUT2D eigenvalue weighted by Crippen LogP contribution is -2.32. The summed E-state index contributed by atoms with van der Waals surface area (Å²) in [7, 11) is 0. The summed E-state index contributed by atoms with van der Waals surface area (Å²) in [6.45, 7) is 4.86. The van der Waals surface area contributed by atoms with Crippen LogP contribution >= 0.6 is 0 Å². The lowest BCUT2D eigenvalue weighted by molar-refractivity contribution is 0.666. The van der Waals surface area contributed by atoms with Gasteiger partial charge in [0.05, 0.1) is 16.6 Å². The van der Waals surface area contributed by atoms with Crippen LogP contribution in [0.4, 0.5) is 11.4 Å². The van der Waals surface area contributed by atoms with Gasteiger partial charge in [-0.1, -0.05) is 184 Å². The number of anilines is 2. The molecule has 2 aromatic heterocycles. The minimum Gasteiger partial charge on any atom is -0.329 e. The van der Waals surface area contributed by atoms with Gasteiger partial charge in [0.15, 0.2) is 17.5 Å². The summed E-state index contributed by atoms with van der Waals surface area (Å²) < 4.78 is 2.41. The Bertz CT molecular complexity index is 4370. The van der Waals surface area contributed by atoms with E-state index in [1.54, 1.807) is 0 Å². The molecule has 0 bridgehead atoms. The quantitative estimate of drug-likeness (QED) is 0.167. The fraction of sp³-hybridized carbons (Fsp3) is 0.0870. The standard InChI is InChI=1S/C69H47N5/c1-68(2)58-40-63-57(39-55(58)53-32-30-42-18-12-13-25-49(42)64(53)68)59-38-46(45-31-34-61-56(37-45)52-28-16-17-29-60(52)73(61)48-23-10-5-11-24-48)36-47-41-69(47,59)74(63)62-35-33-54(50-26-14-15-27-51(50)62)67-71-65(43-19-6-3-7-20-43)70-66(72-67)44-21-8-4-9-22-44/h3-40,47H,41H2,1-2H3. The SMILES string of the molecule is CC1(C)c2cc3c(cc2-c2ccc4ccccc4c21)C1=CC(c2ccc4c(c2)c2ccccc2n4-c2ccccc2)=CC2CC12N3c1ccc(-c2nc(-c3ccccc3)nc(-c3ccccc3)n2)c2ccccc12. The molecule has 1 spiro atoms. The summed E-state index contributed by atoms with van der Waals surface area (Å²) in [5, 5.41) is 7.43. The van der Waals surface area contributed by atoms with Gasteiger partial charge >= 0.3 is 0 Å². The van der Waals surface area contributed by atoms with Gasteiger partial charge in [0.1, 0.15) is 0 Å². The summed E-state index contributed by atoms with van der Waals surface area (Å²) in [5.74, 6) is 2.27. The van der Waals surface area contributed by atoms with E-state index in [1.807, 2.05) is 36.4 Å². The molecule has 1 fully saturated rings. The lowest BCUT2D eigenvalue weighted by atomic mass is 9.80. The topological polar surface area (TPSA) is 46.8 Å². The Hall–Kier alpha value is -9.19. The molecule has 1 saturated carbocycles. The van der Waals surface area contributed by atoms with E-state index in [1.165, 1.54) is 99.6 Å². The molecule has 12 aromatic rings. The summed E-state index contributed by atoms with van der Waals surface area (Å²) in [6, 6.07) is 79.4.